The van der Waals surface area contributed by atoms with Crippen molar-refractivity contribution in [1.82, 2.24) is 4.68 Å². The van der Waals surface area contributed by atoms with Crippen LogP contribution in [0.2, 0.25) is 0 Å². The standard InChI is InChI=1S/C21H20F3N3O/c1-13-7-9-15(10-8-13)19-11-17(21(22,23)24)16(12-25)20(28)27(19)26-18-6-4-3-5-14(18)2/h7-11,14H,3-6H2,1-2H3. The van der Waals surface area contributed by atoms with Crippen molar-refractivity contribution in [2.24, 2.45) is 11.0 Å². The lowest BCUT2D eigenvalue weighted by Gasteiger charge is -2.21. The van der Waals surface area contributed by atoms with E-state index in [-0.39, 0.29) is 11.6 Å². The molecule has 7 heteroatoms. The molecule has 0 spiro atoms. The van der Waals surface area contributed by atoms with Gasteiger partial charge in [0.2, 0.25) is 0 Å². The van der Waals surface area contributed by atoms with Crippen molar-refractivity contribution in [2.75, 3.05) is 0 Å². The predicted octanol–water partition coefficient (Wildman–Crippen LogP) is 5.13. The fourth-order valence-corrected chi connectivity index (χ4v) is 3.41. The molecule has 0 N–H and O–H groups in total. The van der Waals surface area contributed by atoms with Crippen LogP contribution in [0.4, 0.5) is 13.2 Å². The van der Waals surface area contributed by atoms with Crippen LogP contribution in [-0.2, 0) is 6.18 Å². The molecule has 0 aliphatic heterocycles. The van der Waals surface area contributed by atoms with Gasteiger partial charge in [0.15, 0.2) is 0 Å². The van der Waals surface area contributed by atoms with E-state index < -0.39 is 22.9 Å². The lowest BCUT2D eigenvalue weighted by molar-refractivity contribution is -0.137. The SMILES string of the molecule is Cc1ccc(-c2cc(C(F)(F)F)c(C#N)c(=O)n2N=C2CCCCC2C)cc1. The van der Waals surface area contributed by atoms with Gasteiger partial charge in [-0.2, -0.15) is 28.2 Å². The number of alkyl halides is 3. The zero-order valence-electron chi connectivity index (χ0n) is 15.7. The fourth-order valence-electron chi connectivity index (χ4n) is 3.41. The largest absolute Gasteiger partial charge is 0.417 e. The summed E-state index contributed by atoms with van der Waals surface area (Å²) in [6.45, 7) is 3.85. The fraction of sp³-hybridized carbons (Fsp3) is 0.381. The van der Waals surface area contributed by atoms with Gasteiger partial charge in [-0.25, -0.2) is 0 Å². The molecule has 1 aliphatic rings. The Morgan fingerprint density at radius 3 is 2.46 bits per heavy atom. The first-order valence-corrected chi connectivity index (χ1v) is 9.14. The van der Waals surface area contributed by atoms with E-state index in [1.54, 1.807) is 24.3 Å². The maximum atomic E-state index is 13.5. The molecule has 1 aromatic heterocycles. The van der Waals surface area contributed by atoms with Crippen LogP contribution in [0.25, 0.3) is 11.3 Å². The van der Waals surface area contributed by atoms with Crippen LogP contribution in [-0.4, -0.2) is 10.4 Å². The van der Waals surface area contributed by atoms with Crippen LogP contribution < -0.4 is 5.56 Å². The van der Waals surface area contributed by atoms with Crippen LogP contribution in [0.1, 0.15) is 49.3 Å². The Balaban J connectivity index is 2.33. The smallest absolute Gasteiger partial charge is 0.266 e. The van der Waals surface area contributed by atoms with Gasteiger partial charge in [0, 0.05) is 11.3 Å². The Morgan fingerprint density at radius 2 is 1.89 bits per heavy atom. The van der Waals surface area contributed by atoms with Crippen molar-refractivity contribution in [3.05, 3.63) is 57.4 Å². The van der Waals surface area contributed by atoms with Gasteiger partial charge in [0.05, 0.1) is 11.3 Å². The van der Waals surface area contributed by atoms with Crippen molar-refractivity contribution in [3.8, 4) is 17.3 Å². The molecular weight excluding hydrogens is 367 g/mol. The van der Waals surface area contributed by atoms with Gasteiger partial charge in [-0.15, -0.1) is 0 Å². The number of hydrogen-bond acceptors (Lipinski definition) is 3. The Kier molecular flexibility index (Phi) is 5.41. The highest BCUT2D eigenvalue weighted by atomic mass is 19.4. The zero-order valence-corrected chi connectivity index (χ0v) is 15.7. The third-order valence-electron chi connectivity index (χ3n) is 5.07. The molecule has 2 aromatic rings. The number of benzene rings is 1. The van der Waals surface area contributed by atoms with Gasteiger partial charge in [-0.1, -0.05) is 43.2 Å². The molecule has 0 saturated heterocycles. The molecule has 28 heavy (non-hydrogen) atoms. The molecule has 146 valence electrons. The van der Waals surface area contributed by atoms with E-state index in [4.69, 9.17) is 0 Å². The first-order chi connectivity index (χ1) is 13.2. The molecule has 0 amide bonds. The Bertz CT molecular complexity index is 1010. The van der Waals surface area contributed by atoms with Gasteiger partial charge >= 0.3 is 6.18 Å². The number of hydrogen-bond donors (Lipinski definition) is 0. The van der Waals surface area contributed by atoms with Crippen LogP contribution in [0.3, 0.4) is 0 Å². The summed E-state index contributed by atoms with van der Waals surface area (Å²) < 4.78 is 41.4. The molecule has 1 unspecified atom stereocenters. The van der Waals surface area contributed by atoms with Crippen LogP contribution >= 0.6 is 0 Å². The second-order valence-electron chi connectivity index (χ2n) is 7.15. The molecule has 1 heterocycles. The van der Waals surface area contributed by atoms with E-state index in [1.807, 2.05) is 13.8 Å². The lowest BCUT2D eigenvalue weighted by atomic mass is 9.89. The maximum absolute atomic E-state index is 13.5. The summed E-state index contributed by atoms with van der Waals surface area (Å²) in [6.07, 6.45) is -1.24. The summed E-state index contributed by atoms with van der Waals surface area (Å²) in [7, 11) is 0. The summed E-state index contributed by atoms with van der Waals surface area (Å²) in [6, 6.07) is 9.09. The van der Waals surface area contributed by atoms with Gasteiger partial charge in [-0.3, -0.25) is 4.79 Å². The highest BCUT2D eigenvalue weighted by molar-refractivity contribution is 5.87. The molecule has 1 atom stereocenters. The monoisotopic (exact) mass is 387 g/mol. The van der Waals surface area contributed by atoms with E-state index in [0.717, 1.165) is 41.3 Å². The quantitative estimate of drug-likeness (QED) is 0.717. The van der Waals surface area contributed by atoms with E-state index in [9.17, 15) is 23.2 Å². The summed E-state index contributed by atoms with van der Waals surface area (Å²) in [4.78, 5) is 12.8. The predicted molar refractivity (Wildman–Crippen MR) is 101 cm³/mol. The highest BCUT2D eigenvalue weighted by Crippen LogP contribution is 2.34. The maximum Gasteiger partial charge on any atom is 0.417 e. The van der Waals surface area contributed by atoms with Crippen molar-refractivity contribution < 1.29 is 13.2 Å². The molecule has 1 aromatic carbocycles. The molecule has 0 bridgehead atoms. The second kappa shape index (κ2) is 7.63. The van der Waals surface area contributed by atoms with Gasteiger partial charge in [-0.05, 0) is 38.2 Å². The van der Waals surface area contributed by atoms with Crippen molar-refractivity contribution in [1.29, 1.82) is 5.26 Å². The van der Waals surface area contributed by atoms with Crippen LogP contribution in [0, 0.1) is 24.2 Å². The molecule has 1 fully saturated rings. The van der Waals surface area contributed by atoms with E-state index in [2.05, 4.69) is 5.10 Å². The minimum Gasteiger partial charge on any atom is -0.266 e. The van der Waals surface area contributed by atoms with Crippen molar-refractivity contribution in [3.63, 3.8) is 0 Å². The number of nitrogens with zero attached hydrogens (tertiary/aromatic N) is 3. The minimum absolute atomic E-state index is 0.0293. The van der Waals surface area contributed by atoms with Gasteiger partial charge in [0.1, 0.15) is 11.6 Å². The lowest BCUT2D eigenvalue weighted by Crippen LogP contribution is -2.28. The van der Waals surface area contributed by atoms with E-state index in [0.29, 0.717) is 12.0 Å². The topological polar surface area (TPSA) is 58.1 Å². The molecular formula is C21H20F3N3O. The van der Waals surface area contributed by atoms with Gasteiger partial charge < -0.3 is 0 Å². The normalized spacial score (nSPS) is 18.9. The minimum atomic E-state index is -4.81. The summed E-state index contributed by atoms with van der Waals surface area (Å²) >= 11 is 0. The summed E-state index contributed by atoms with van der Waals surface area (Å²) in [5.41, 5.74) is -1.04. The van der Waals surface area contributed by atoms with Crippen molar-refractivity contribution >= 4 is 5.71 Å². The van der Waals surface area contributed by atoms with Crippen molar-refractivity contribution in [2.45, 2.75) is 45.7 Å². The first-order valence-electron chi connectivity index (χ1n) is 9.14. The average Bonchev–Trinajstić information content (AvgIpc) is 2.64. The van der Waals surface area contributed by atoms with E-state index in [1.165, 1.54) is 6.07 Å². The molecule has 1 saturated carbocycles. The number of halogens is 3. The van der Waals surface area contributed by atoms with Crippen LogP contribution in [0.5, 0.6) is 0 Å². The van der Waals surface area contributed by atoms with E-state index >= 15 is 0 Å². The number of aromatic nitrogens is 1. The second-order valence-corrected chi connectivity index (χ2v) is 7.15. The number of rotatable bonds is 2. The summed E-state index contributed by atoms with van der Waals surface area (Å²) in [5.74, 6) is 0.138. The Labute approximate surface area is 160 Å². The average molecular weight is 387 g/mol. The summed E-state index contributed by atoms with van der Waals surface area (Å²) in [5, 5.41) is 13.7. The Hall–Kier alpha value is -2.88. The molecule has 4 nitrogen and oxygen atoms in total. The third-order valence-corrected chi connectivity index (χ3v) is 5.07. The third kappa shape index (κ3) is 3.86. The highest BCUT2D eigenvalue weighted by Gasteiger charge is 2.36. The molecule has 3 rings (SSSR count). The zero-order chi connectivity index (χ0) is 20.5. The van der Waals surface area contributed by atoms with Crippen LogP contribution in [0.15, 0.2) is 40.2 Å². The number of nitriles is 1. The molecule has 1 aliphatic carbocycles. The number of aryl methyl sites for hydroxylation is 1. The number of pyridine rings is 1. The first kappa shape index (κ1) is 19.9. The molecule has 0 radical (unpaired) electrons. The Morgan fingerprint density at radius 1 is 1.21 bits per heavy atom. The van der Waals surface area contributed by atoms with Gasteiger partial charge in [0.25, 0.3) is 5.56 Å².